The van der Waals surface area contributed by atoms with Crippen LogP contribution in [0.15, 0.2) is 24.3 Å². The van der Waals surface area contributed by atoms with E-state index < -0.39 is 0 Å². The van der Waals surface area contributed by atoms with Gasteiger partial charge in [-0.3, -0.25) is 4.79 Å². The molecule has 0 aliphatic rings. The lowest BCUT2D eigenvalue weighted by molar-refractivity contribution is -0.121. The second-order valence-corrected chi connectivity index (χ2v) is 4.77. The van der Waals surface area contributed by atoms with Gasteiger partial charge in [0.05, 0.1) is 0 Å². The van der Waals surface area contributed by atoms with Gasteiger partial charge in [0.2, 0.25) is 5.91 Å². The average molecular weight is 248 g/mol. The number of carbonyl (C=O) groups is 1. The maximum absolute atomic E-state index is 11.8. The first kappa shape index (κ1) is 14.7. The van der Waals surface area contributed by atoms with Gasteiger partial charge in [0.1, 0.15) is 0 Å². The zero-order valence-corrected chi connectivity index (χ0v) is 11.6. The van der Waals surface area contributed by atoms with Gasteiger partial charge in [-0.05, 0) is 44.0 Å². The monoisotopic (exact) mass is 248 g/mol. The minimum atomic E-state index is 0.141. The van der Waals surface area contributed by atoms with Crippen LogP contribution in [0.2, 0.25) is 0 Å². The van der Waals surface area contributed by atoms with E-state index in [-0.39, 0.29) is 11.8 Å². The van der Waals surface area contributed by atoms with Crippen LogP contribution in [0.1, 0.15) is 36.8 Å². The van der Waals surface area contributed by atoms with Crippen molar-refractivity contribution in [3.05, 3.63) is 35.4 Å². The fraction of sp³-hybridized carbons (Fsp3) is 0.533. The number of amides is 1. The van der Waals surface area contributed by atoms with Crippen LogP contribution in [0.25, 0.3) is 0 Å². The molecule has 0 saturated carbocycles. The molecule has 1 rings (SSSR count). The van der Waals surface area contributed by atoms with Gasteiger partial charge in [-0.2, -0.15) is 0 Å². The van der Waals surface area contributed by atoms with Crippen LogP contribution in [0, 0.1) is 6.92 Å². The number of aryl methyl sites for hydroxylation is 1. The molecule has 100 valence electrons. The molecule has 0 heterocycles. The number of carbonyl (C=O) groups excluding carboxylic acids is 1. The molecular weight excluding hydrogens is 224 g/mol. The van der Waals surface area contributed by atoms with Crippen molar-refractivity contribution in [2.45, 2.75) is 32.6 Å². The molecular formula is C15H24N2O. The molecule has 0 fully saturated rings. The minimum Gasteiger partial charge on any atom is -0.356 e. The number of rotatable bonds is 7. The Kier molecular flexibility index (Phi) is 6.44. The summed E-state index contributed by atoms with van der Waals surface area (Å²) in [5.41, 5.74) is 2.52. The molecule has 18 heavy (non-hydrogen) atoms. The first-order valence-electron chi connectivity index (χ1n) is 6.62. The number of hydrogen-bond donors (Lipinski definition) is 2. The molecule has 3 nitrogen and oxygen atoms in total. The van der Waals surface area contributed by atoms with Gasteiger partial charge in [0.25, 0.3) is 0 Å². The zero-order valence-electron chi connectivity index (χ0n) is 11.6. The van der Waals surface area contributed by atoms with Gasteiger partial charge in [0, 0.05) is 13.0 Å². The highest BCUT2D eigenvalue weighted by atomic mass is 16.1. The molecule has 0 aromatic heterocycles. The van der Waals surface area contributed by atoms with E-state index in [9.17, 15) is 4.79 Å². The van der Waals surface area contributed by atoms with Crippen molar-refractivity contribution in [1.82, 2.24) is 10.6 Å². The van der Waals surface area contributed by atoms with Crippen molar-refractivity contribution in [2.75, 3.05) is 20.1 Å². The molecule has 1 unspecified atom stereocenters. The molecule has 2 N–H and O–H groups in total. The molecule has 3 heteroatoms. The Balaban J connectivity index is 2.38. The fourth-order valence-electron chi connectivity index (χ4n) is 2.09. The molecule has 0 aliphatic heterocycles. The first-order chi connectivity index (χ1) is 8.65. The van der Waals surface area contributed by atoms with Crippen LogP contribution in [-0.4, -0.2) is 26.0 Å². The summed E-state index contributed by atoms with van der Waals surface area (Å²) >= 11 is 0. The lowest BCUT2D eigenvalue weighted by atomic mass is 9.93. The number of benzene rings is 1. The van der Waals surface area contributed by atoms with Gasteiger partial charge in [-0.25, -0.2) is 0 Å². The molecule has 0 saturated heterocycles. The third kappa shape index (κ3) is 4.88. The summed E-state index contributed by atoms with van der Waals surface area (Å²) in [5, 5.41) is 6.02. The molecule has 0 bridgehead atoms. The zero-order chi connectivity index (χ0) is 13.4. The average Bonchev–Trinajstić information content (AvgIpc) is 2.35. The predicted molar refractivity (Wildman–Crippen MR) is 75.8 cm³/mol. The topological polar surface area (TPSA) is 41.1 Å². The van der Waals surface area contributed by atoms with Crippen LogP contribution in [0.5, 0.6) is 0 Å². The van der Waals surface area contributed by atoms with Crippen molar-refractivity contribution in [3.8, 4) is 0 Å². The van der Waals surface area contributed by atoms with E-state index in [1.807, 2.05) is 19.2 Å². The number of hydrogen-bond acceptors (Lipinski definition) is 2. The highest BCUT2D eigenvalue weighted by Gasteiger charge is 2.12. The maximum Gasteiger partial charge on any atom is 0.220 e. The van der Waals surface area contributed by atoms with Gasteiger partial charge in [0.15, 0.2) is 0 Å². The molecule has 0 spiro atoms. The van der Waals surface area contributed by atoms with Crippen molar-refractivity contribution in [3.63, 3.8) is 0 Å². The normalized spacial score (nSPS) is 12.2. The molecule has 0 aliphatic carbocycles. The Morgan fingerprint density at radius 1 is 1.28 bits per heavy atom. The number of nitrogens with one attached hydrogen (secondary N) is 2. The highest BCUT2D eigenvalue weighted by Crippen LogP contribution is 2.21. The fourth-order valence-corrected chi connectivity index (χ4v) is 2.09. The summed E-state index contributed by atoms with van der Waals surface area (Å²) in [4.78, 5) is 11.8. The van der Waals surface area contributed by atoms with E-state index in [1.165, 1.54) is 11.1 Å². The Morgan fingerprint density at radius 3 is 2.67 bits per heavy atom. The largest absolute Gasteiger partial charge is 0.356 e. The maximum atomic E-state index is 11.8. The summed E-state index contributed by atoms with van der Waals surface area (Å²) in [7, 11) is 1.92. The van der Waals surface area contributed by atoms with Gasteiger partial charge < -0.3 is 10.6 Å². The Hall–Kier alpha value is -1.35. The van der Waals surface area contributed by atoms with Crippen LogP contribution in [0.4, 0.5) is 0 Å². The van der Waals surface area contributed by atoms with Gasteiger partial charge in [-0.1, -0.05) is 31.2 Å². The van der Waals surface area contributed by atoms with Crippen LogP contribution >= 0.6 is 0 Å². The van der Waals surface area contributed by atoms with Crippen LogP contribution < -0.4 is 10.6 Å². The molecule has 1 amide bonds. The van der Waals surface area contributed by atoms with E-state index in [1.54, 1.807) is 0 Å². The summed E-state index contributed by atoms with van der Waals surface area (Å²) in [6.45, 7) is 5.89. The lowest BCUT2D eigenvalue weighted by Gasteiger charge is -2.14. The summed E-state index contributed by atoms with van der Waals surface area (Å²) in [5.74, 6) is 0.414. The second kappa shape index (κ2) is 7.88. The molecule has 1 aromatic carbocycles. The summed E-state index contributed by atoms with van der Waals surface area (Å²) in [6, 6.07) is 8.26. The van der Waals surface area contributed by atoms with E-state index in [4.69, 9.17) is 0 Å². The molecule has 0 radical (unpaired) electrons. The van der Waals surface area contributed by atoms with E-state index in [0.29, 0.717) is 6.42 Å². The third-order valence-corrected chi connectivity index (χ3v) is 3.14. The third-order valence-electron chi connectivity index (χ3n) is 3.14. The Morgan fingerprint density at radius 2 is 2.00 bits per heavy atom. The molecule has 1 aromatic rings. The van der Waals surface area contributed by atoms with Crippen molar-refractivity contribution >= 4 is 5.91 Å². The summed E-state index contributed by atoms with van der Waals surface area (Å²) in [6.07, 6.45) is 1.53. The van der Waals surface area contributed by atoms with E-state index in [2.05, 4.69) is 36.6 Å². The van der Waals surface area contributed by atoms with Crippen molar-refractivity contribution in [2.24, 2.45) is 0 Å². The SMILES string of the molecule is CNCCCNC(=O)CC(C)c1ccccc1C. The van der Waals surface area contributed by atoms with Crippen molar-refractivity contribution < 1.29 is 4.79 Å². The minimum absolute atomic E-state index is 0.141. The summed E-state index contributed by atoms with van der Waals surface area (Å²) < 4.78 is 0. The Bertz CT molecular complexity index is 377. The van der Waals surface area contributed by atoms with Gasteiger partial charge in [-0.15, -0.1) is 0 Å². The smallest absolute Gasteiger partial charge is 0.220 e. The van der Waals surface area contributed by atoms with Crippen LogP contribution in [-0.2, 0) is 4.79 Å². The van der Waals surface area contributed by atoms with Crippen molar-refractivity contribution in [1.29, 1.82) is 0 Å². The quantitative estimate of drug-likeness (QED) is 0.726. The lowest BCUT2D eigenvalue weighted by Crippen LogP contribution is -2.27. The van der Waals surface area contributed by atoms with Gasteiger partial charge >= 0.3 is 0 Å². The highest BCUT2D eigenvalue weighted by molar-refractivity contribution is 5.76. The standard InChI is InChI=1S/C15H24N2O/c1-12-7-4-5-8-14(12)13(2)11-15(18)17-10-6-9-16-3/h4-5,7-8,13,16H,6,9-11H2,1-3H3,(H,17,18). The second-order valence-electron chi connectivity index (χ2n) is 4.77. The predicted octanol–water partition coefficient (Wildman–Crippen LogP) is 2.21. The Labute approximate surface area is 110 Å². The van der Waals surface area contributed by atoms with E-state index >= 15 is 0 Å². The first-order valence-corrected chi connectivity index (χ1v) is 6.62. The van der Waals surface area contributed by atoms with Crippen LogP contribution in [0.3, 0.4) is 0 Å². The molecule has 1 atom stereocenters. The van der Waals surface area contributed by atoms with E-state index in [0.717, 1.165) is 19.5 Å².